The molecule has 154 valence electrons. The highest BCUT2D eigenvalue weighted by Gasteiger charge is 2.33. The Morgan fingerprint density at radius 3 is 1.78 bits per heavy atom. The Kier molecular flexibility index (Phi) is 9.96. The third-order valence-corrected chi connectivity index (χ3v) is 3.51. The van der Waals surface area contributed by atoms with Gasteiger partial charge in [0.25, 0.3) is 0 Å². The van der Waals surface area contributed by atoms with Crippen molar-refractivity contribution in [2.75, 3.05) is 6.54 Å². The van der Waals surface area contributed by atoms with E-state index in [-0.39, 0.29) is 0 Å². The molecule has 12 heteroatoms. The van der Waals surface area contributed by atoms with E-state index in [9.17, 15) is 29.1 Å². The van der Waals surface area contributed by atoms with E-state index in [1.54, 1.807) is 13.8 Å². The van der Waals surface area contributed by atoms with Crippen LogP contribution >= 0.6 is 0 Å². The lowest BCUT2D eigenvalue weighted by Gasteiger charge is -2.27. The van der Waals surface area contributed by atoms with Crippen molar-refractivity contribution >= 4 is 29.7 Å². The van der Waals surface area contributed by atoms with Gasteiger partial charge in [0.1, 0.15) is 18.1 Å². The van der Waals surface area contributed by atoms with Gasteiger partial charge in [-0.25, -0.2) is 4.79 Å². The molecule has 0 bridgehead atoms. The quantitative estimate of drug-likeness (QED) is 0.191. The summed E-state index contributed by atoms with van der Waals surface area (Å²) in [6.07, 6.45) is -2.14. The number of aliphatic hydroxyl groups is 1. The van der Waals surface area contributed by atoms with E-state index < -0.39 is 72.8 Å². The second-order valence-electron chi connectivity index (χ2n) is 6.22. The van der Waals surface area contributed by atoms with Crippen molar-refractivity contribution in [3.63, 3.8) is 0 Å². The number of aliphatic carboxylic acids is 2. The SMILES string of the molecule is CC(C)C(NC(=O)C(NC(=O)CN)C(C)O)C(=O)NC(CC(=O)O)C(=O)O. The summed E-state index contributed by atoms with van der Waals surface area (Å²) in [4.78, 5) is 57.8. The number of carbonyl (C=O) groups excluding carboxylic acids is 3. The molecule has 0 saturated heterocycles. The number of rotatable bonds is 11. The Balaban J connectivity index is 5.27. The number of hydrogen-bond donors (Lipinski definition) is 7. The fourth-order valence-corrected chi connectivity index (χ4v) is 2.05. The standard InChI is InChI=1S/C15H26N4O8/c1-6(2)11(13(24)17-8(15(26)27)4-10(22)23)19-14(25)12(7(3)20)18-9(21)5-16/h6-8,11-12,20H,4-5,16H2,1-3H3,(H,17,24)(H,18,21)(H,19,25)(H,22,23)(H,26,27). The van der Waals surface area contributed by atoms with E-state index in [0.717, 1.165) is 0 Å². The minimum Gasteiger partial charge on any atom is -0.481 e. The smallest absolute Gasteiger partial charge is 0.326 e. The first-order chi connectivity index (χ1) is 12.4. The maximum atomic E-state index is 12.3. The number of nitrogens with one attached hydrogen (secondary N) is 3. The summed E-state index contributed by atoms with van der Waals surface area (Å²) in [6.45, 7) is 3.96. The molecule has 0 aliphatic rings. The minimum absolute atomic E-state index is 0.417. The van der Waals surface area contributed by atoms with Crippen LogP contribution in [0.3, 0.4) is 0 Å². The molecular weight excluding hydrogens is 364 g/mol. The number of carboxylic acids is 2. The van der Waals surface area contributed by atoms with E-state index in [0.29, 0.717) is 0 Å². The van der Waals surface area contributed by atoms with Crippen molar-refractivity contribution in [3.8, 4) is 0 Å². The number of carbonyl (C=O) groups is 5. The summed E-state index contributed by atoms with van der Waals surface area (Å²) in [5.41, 5.74) is 5.15. The first kappa shape index (κ1) is 24.3. The number of amides is 3. The Morgan fingerprint density at radius 2 is 1.41 bits per heavy atom. The average molecular weight is 390 g/mol. The Bertz CT molecular complexity index is 578. The highest BCUT2D eigenvalue weighted by atomic mass is 16.4. The second-order valence-corrected chi connectivity index (χ2v) is 6.22. The molecule has 0 aromatic carbocycles. The molecule has 3 amide bonds. The molecule has 4 unspecified atom stereocenters. The molecule has 0 heterocycles. The second kappa shape index (κ2) is 11.1. The summed E-state index contributed by atoms with van der Waals surface area (Å²) >= 11 is 0. The molecule has 0 fully saturated rings. The van der Waals surface area contributed by atoms with Gasteiger partial charge in [-0.1, -0.05) is 13.8 Å². The Morgan fingerprint density at radius 1 is 0.889 bits per heavy atom. The fraction of sp³-hybridized carbons (Fsp3) is 0.667. The van der Waals surface area contributed by atoms with Crippen LogP contribution < -0.4 is 21.7 Å². The lowest BCUT2D eigenvalue weighted by atomic mass is 10.0. The topological polar surface area (TPSA) is 208 Å². The first-order valence-electron chi connectivity index (χ1n) is 8.13. The summed E-state index contributed by atoms with van der Waals surface area (Å²) in [5.74, 6) is -5.97. The van der Waals surface area contributed by atoms with Crippen LogP contribution in [-0.2, 0) is 24.0 Å². The van der Waals surface area contributed by atoms with Gasteiger partial charge in [0.15, 0.2) is 0 Å². The number of carboxylic acid groups (broad SMARTS) is 2. The molecular formula is C15H26N4O8. The van der Waals surface area contributed by atoms with Gasteiger partial charge in [0, 0.05) is 0 Å². The first-order valence-corrected chi connectivity index (χ1v) is 8.13. The van der Waals surface area contributed by atoms with Crippen LogP contribution in [0, 0.1) is 5.92 Å². The van der Waals surface area contributed by atoms with Gasteiger partial charge < -0.3 is 37.0 Å². The molecule has 4 atom stereocenters. The van der Waals surface area contributed by atoms with Gasteiger partial charge in [-0.15, -0.1) is 0 Å². The largest absolute Gasteiger partial charge is 0.481 e. The van der Waals surface area contributed by atoms with Gasteiger partial charge >= 0.3 is 11.9 Å². The van der Waals surface area contributed by atoms with E-state index in [4.69, 9.17) is 15.9 Å². The van der Waals surface area contributed by atoms with Gasteiger partial charge in [0.05, 0.1) is 19.1 Å². The van der Waals surface area contributed by atoms with Gasteiger partial charge in [-0.05, 0) is 12.8 Å². The molecule has 0 aromatic rings. The zero-order valence-corrected chi connectivity index (χ0v) is 15.3. The van der Waals surface area contributed by atoms with Crippen LogP contribution in [0.2, 0.25) is 0 Å². The Hall–Kier alpha value is -2.73. The monoisotopic (exact) mass is 390 g/mol. The summed E-state index contributed by atoms with van der Waals surface area (Å²) < 4.78 is 0. The zero-order valence-electron chi connectivity index (χ0n) is 15.3. The zero-order chi connectivity index (χ0) is 21.3. The molecule has 0 rings (SSSR count). The molecule has 12 nitrogen and oxygen atoms in total. The molecule has 0 aliphatic carbocycles. The molecule has 0 aromatic heterocycles. The van der Waals surface area contributed by atoms with Crippen LogP contribution in [0.4, 0.5) is 0 Å². The van der Waals surface area contributed by atoms with Crippen LogP contribution in [-0.4, -0.2) is 75.8 Å². The van der Waals surface area contributed by atoms with Gasteiger partial charge in [-0.3, -0.25) is 19.2 Å². The lowest BCUT2D eigenvalue weighted by molar-refractivity contribution is -0.147. The number of nitrogens with two attached hydrogens (primary N) is 1. The van der Waals surface area contributed by atoms with E-state index in [2.05, 4.69) is 16.0 Å². The maximum Gasteiger partial charge on any atom is 0.326 e. The summed E-state index contributed by atoms with van der Waals surface area (Å²) in [6, 6.07) is -4.30. The van der Waals surface area contributed by atoms with Crippen molar-refractivity contribution in [2.45, 2.75) is 51.4 Å². The molecule has 0 aliphatic heterocycles. The summed E-state index contributed by atoms with van der Waals surface area (Å²) in [5, 5.41) is 34.0. The third kappa shape index (κ3) is 8.46. The van der Waals surface area contributed by atoms with Crippen LogP contribution in [0.15, 0.2) is 0 Å². The number of aliphatic hydroxyl groups excluding tert-OH is 1. The van der Waals surface area contributed by atoms with E-state index in [1.165, 1.54) is 6.92 Å². The van der Waals surface area contributed by atoms with Crippen molar-refractivity contribution in [2.24, 2.45) is 11.7 Å². The van der Waals surface area contributed by atoms with E-state index >= 15 is 0 Å². The minimum atomic E-state index is -1.68. The molecule has 0 saturated carbocycles. The van der Waals surface area contributed by atoms with Crippen molar-refractivity contribution < 1.29 is 39.3 Å². The predicted octanol–water partition coefficient (Wildman–Crippen LogP) is -3.00. The highest BCUT2D eigenvalue weighted by Crippen LogP contribution is 2.05. The van der Waals surface area contributed by atoms with Crippen molar-refractivity contribution in [1.82, 2.24) is 16.0 Å². The highest BCUT2D eigenvalue weighted by molar-refractivity contribution is 5.94. The predicted molar refractivity (Wildman–Crippen MR) is 91.3 cm³/mol. The van der Waals surface area contributed by atoms with E-state index in [1.807, 2.05) is 0 Å². The normalized spacial score (nSPS) is 15.2. The van der Waals surface area contributed by atoms with Crippen LogP contribution in [0.1, 0.15) is 27.2 Å². The molecule has 27 heavy (non-hydrogen) atoms. The summed E-state index contributed by atoms with van der Waals surface area (Å²) in [7, 11) is 0. The molecule has 0 radical (unpaired) electrons. The van der Waals surface area contributed by atoms with Crippen LogP contribution in [0.25, 0.3) is 0 Å². The van der Waals surface area contributed by atoms with Crippen molar-refractivity contribution in [1.29, 1.82) is 0 Å². The average Bonchev–Trinajstić information content (AvgIpc) is 2.54. The van der Waals surface area contributed by atoms with Gasteiger partial charge in [0.2, 0.25) is 17.7 Å². The van der Waals surface area contributed by atoms with Gasteiger partial charge in [-0.2, -0.15) is 0 Å². The third-order valence-electron chi connectivity index (χ3n) is 3.51. The molecule has 8 N–H and O–H groups in total. The number of hydrogen-bond acceptors (Lipinski definition) is 7. The fourth-order valence-electron chi connectivity index (χ4n) is 2.05. The lowest BCUT2D eigenvalue weighted by Crippen LogP contribution is -2.60. The van der Waals surface area contributed by atoms with Crippen molar-refractivity contribution in [3.05, 3.63) is 0 Å². The Labute approximate surface area is 155 Å². The molecule has 0 spiro atoms. The maximum absolute atomic E-state index is 12.3. The van der Waals surface area contributed by atoms with Crippen LogP contribution in [0.5, 0.6) is 0 Å².